The first-order valence-corrected chi connectivity index (χ1v) is 12.8. The molecule has 3 aromatic heterocycles. The SMILES string of the molecule is Cc1cc2c(-c3nc(N4CCOCC4C)cc(C4(C)CCCS4(=O)=O)n3)cc(Cl)nc2[nH]1. The average Bonchev–Trinajstić information content (AvgIpc) is 3.25. The minimum atomic E-state index is -3.32. The summed E-state index contributed by atoms with van der Waals surface area (Å²) in [5, 5.41) is 1.17. The summed E-state index contributed by atoms with van der Waals surface area (Å²) >= 11 is 6.32. The molecule has 0 amide bonds. The second-order valence-electron chi connectivity index (χ2n) is 8.91. The van der Waals surface area contributed by atoms with Crippen molar-refractivity contribution in [2.24, 2.45) is 0 Å². The van der Waals surface area contributed by atoms with E-state index < -0.39 is 14.6 Å². The lowest BCUT2D eigenvalue weighted by Crippen LogP contribution is -2.44. The molecule has 1 N–H and O–H groups in total. The van der Waals surface area contributed by atoms with E-state index in [1.807, 2.05) is 19.1 Å². The number of aromatic amines is 1. The monoisotopic (exact) mass is 475 g/mol. The van der Waals surface area contributed by atoms with Crippen LogP contribution in [-0.4, -0.2) is 59.9 Å². The number of anilines is 1. The molecular weight excluding hydrogens is 450 g/mol. The smallest absolute Gasteiger partial charge is 0.162 e. The van der Waals surface area contributed by atoms with Crippen LogP contribution in [0.25, 0.3) is 22.4 Å². The fraction of sp³-hybridized carbons (Fsp3) is 0.500. The number of aromatic nitrogens is 4. The quantitative estimate of drug-likeness (QED) is 0.577. The highest BCUT2D eigenvalue weighted by Gasteiger charge is 2.47. The van der Waals surface area contributed by atoms with Crippen LogP contribution in [0.1, 0.15) is 38.1 Å². The molecule has 10 heteroatoms. The molecule has 3 aromatic rings. The normalized spacial score (nSPS) is 25.5. The topological polar surface area (TPSA) is 101 Å². The number of halogens is 1. The zero-order chi connectivity index (χ0) is 22.7. The Hall–Kier alpha value is -2.23. The van der Waals surface area contributed by atoms with Gasteiger partial charge in [-0.25, -0.2) is 23.4 Å². The zero-order valence-corrected chi connectivity index (χ0v) is 19.9. The Kier molecular flexibility index (Phi) is 5.18. The molecule has 0 radical (unpaired) electrons. The summed E-state index contributed by atoms with van der Waals surface area (Å²) in [6, 6.07) is 5.68. The van der Waals surface area contributed by atoms with E-state index in [0.29, 0.717) is 60.7 Å². The lowest BCUT2D eigenvalue weighted by molar-refractivity contribution is 0.0985. The van der Waals surface area contributed by atoms with E-state index >= 15 is 0 Å². The largest absolute Gasteiger partial charge is 0.377 e. The van der Waals surface area contributed by atoms with E-state index in [0.717, 1.165) is 16.6 Å². The van der Waals surface area contributed by atoms with Crippen molar-refractivity contribution in [2.45, 2.75) is 44.4 Å². The van der Waals surface area contributed by atoms with Crippen LogP contribution in [0.2, 0.25) is 5.15 Å². The van der Waals surface area contributed by atoms with Crippen molar-refractivity contribution >= 4 is 38.3 Å². The highest BCUT2D eigenvalue weighted by molar-refractivity contribution is 7.92. The number of rotatable bonds is 3. The molecule has 32 heavy (non-hydrogen) atoms. The molecule has 0 aliphatic carbocycles. The summed E-state index contributed by atoms with van der Waals surface area (Å²) in [5.74, 6) is 1.33. The molecule has 2 saturated heterocycles. The second kappa shape index (κ2) is 7.67. The van der Waals surface area contributed by atoms with Gasteiger partial charge in [0.05, 0.1) is 30.7 Å². The van der Waals surface area contributed by atoms with Gasteiger partial charge in [-0.2, -0.15) is 0 Å². The van der Waals surface area contributed by atoms with Gasteiger partial charge < -0.3 is 14.6 Å². The molecule has 170 valence electrons. The zero-order valence-electron chi connectivity index (χ0n) is 18.4. The van der Waals surface area contributed by atoms with E-state index in [2.05, 4.69) is 21.8 Å². The van der Waals surface area contributed by atoms with E-state index in [1.165, 1.54) is 0 Å². The maximum Gasteiger partial charge on any atom is 0.162 e. The summed E-state index contributed by atoms with van der Waals surface area (Å²) in [7, 11) is -3.32. The van der Waals surface area contributed by atoms with Crippen molar-refractivity contribution in [2.75, 3.05) is 30.4 Å². The number of nitrogens with zero attached hydrogens (tertiary/aromatic N) is 4. The maximum atomic E-state index is 13.0. The Morgan fingerprint density at radius 3 is 2.78 bits per heavy atom. The summed E-state index contributed by atoms with van der Waals surface area (Å²) in [6.45, 7) is 7.67. The summed E-state index contributed by atoms with van der Waals surface area (Å²) in [4.78, 5) is 19.5. The molecule has 2 atom stereocenters. The van der Waals surface area contributed by atoms with Crippen LogP contribution in [0.3, 0.4) is 0 Å². The van der Waals surface area contributed by atoms with Gasteiger partial charge in [0, 0.05) is 29.3 Å². The first-order valence-electron chi connectivity index (χ1n) is 10.8. The van der Waals surface area contributed by atoms with Gasteiger partial charge in [0.1, 0.15) is 21.4 Å². The number of hydrogen-bond acceptors (Lipinski definition) is 7. The molecule has 2 fully saturated rings. The Balaban J connectivity index is 1.76. The molecule has 8 nitrogen and oxygen atoms in total. The molecule has 2 unspecified atom stereocenters. The predicted molar refractivity (Wildman–Crippen MR) is 125 cm³/mol. The predicted octanol–water partition coefficient (Wildman–Crippen LogP) is 3.63. The van der Waals surface area contributed by atoms with Crippen molar-refractivity contribution in [1.29, 1.82) is 0 Å². The fourth-order valence-electron chi connectivity index (χ4n) is 4.70. The number of H-pyrrole nitrogens is 1. The molecule has 2 aliphatic rings. The standard InChI is InChI=1S/C22H26ClN5O3S/c1-13-9-15-16(10-18(23)26-20(15)24-13)21-25-17(22(3)5-4-8-32(22,29)30)11-19(27-21)28-6-7-31-12-14(28)2/h9-11,14H,4-8,12H2,1-3H3,(H,24,26). The van der Waals surface area contributed by atoms with E-state index in [1.54, 1.807) is 13.0 Å². The van der Waals surface area contributed by atoms with Gasteiger partial charge in [-0.15, -0.1) is 0 Å². The molecule has 0 spiro atoms. The number of morpholine rings is 1. The minimum absolute atomic E-state index is 0.114. The molecule has 0 aromatic carbocycles. The lowest BCUT2D eigenvalue weighted by Gasteiger charge is -2.35. The van der Waals surface area contributed by atoms with Gasteiger partial charge in [0.25, 0.3) is 0 Å². The minimum Gasteiger partial charge on any atom is -0.377 e. The third kappa shape index (κ3) is 3.47. The van der Waals surface area contributed by atoms with Crippen LogP contribution in [0.5, 0.6) is 0 Å². The van der Waals surface area contributed by atoms with Gasteiger partial charge in [-0.1, -0.05) is 11.6 Å². The van der Waals surface area contributed by atoms with Gasteiger partial charge in [-0.05, 0) is 45.7 Å². The molecule has 5 heterocycles. The van der Waals surface area contributed by atoms with E-state index in [-0.39, 0.29) is 11.8 Å². The molecule has 0 saturated carbocycles. The lowest BCUT2D eigenvalue weighted by atomic mass is 10.0. The maximum absolute atomic E-state index is 13.0. The molecular formula is C22H26ClN5O3S. The highest BCUT2D eigenvalue weighted by Crippen LogP contribution is 2.42. The summed E-state index contributed by atoms with van der Waals surface area (Å²) in [5.41, 5.74) is 2.86. The Morgan fingerprint density at radius 2 is 2.06 bits per heavy atom. The van der Waals surface area contributed by atoms with Crippen molar-refractivity contribution in [1.82, 2.24) is 19.9 Å². The molecule has 2 aliphatic heterocycles. The fourth-order valence-corrected chi connectivity index (χ4v) is 6.74. The molecule has 5 rings (SSSR count). The van der Waals surface area contributed by atoms with Gasteiger partial charge in [-0.3, -0.25) is 0 Å². The first kappa shape index (κ1) is 21.6. The van der Waals surface area contributed by atoms with Crippen LogP contribution in [0, 0.1) is 6.92 Å². The van der Waals surface area contributed by atoms with Gasteiger partial charge in [0.15, 0.2) is 15.7 Å². The third-order valence-electron chi connectivity index (χ3n) is 6.61. The highest BCUT2D eigenvalue weighted by atomic mass is 35.5. The van der Waals surface area contributed by atoms with Gasteiger partial charge in [0.2, 0.25) is 0 Å². The van der Waals surface area contributed by atoms with Crippen molar-refractivity contribution in [3.63, 3.8) is 0 Å². The van der Waals surface area contributed by atoms with Crippen molar-refractivity contribution in [3.05, 3.63) is 34.7 Å². The van der Waals surface area contributed by atoms with E-state index in [9.17, 15) is 8.42 Å². The van der Waals surface area contributed by atoms with Crippen LogP contribution in [0.15, 0.2) is 18.2 Å². The van der Waals surface area contributed by atoms with Crippen LogP contribution in [0.4, 0.5) is 5.82 Å². The summed E-state index contributed by atoms with van der Waals surface area (Å²) < 4.78 is 30.6. The average molecular weight is 476 g/mol. The third-order valence-corrected chi connectivity index (χ3v) is 9.42. The number of sulfone groups is 1. The van der Waals surface area contributed by atoms with Crippen LogP contribution >= 0.6 is 11.6 Å². The second-order valence-corrected chi connectivity index (χ2v) is 11.8. The number of nitrogens with one attached hydrogen (secondary N) is 1. The van der Waals surface area contributed by atoms with Gasteiger partial charge >= 0.3 is 0 Å². The van der Waals surface area contributed by atoms with Crippen LogP contribution in [-0.2, 0) is 19.3 Å². The number of aryl methyl sites for hydroxylation is 1. The number of fused-ring (bicyclic) bond motifs is 1. The first-order chi connectivity index (χ1) is 15.2. The Labute approximate surface area is 192 Å². The molecule has 0 bridgehead atoms. The van der Waals surface area contributed by atoms with E-state index in [4.69, 9.17) is 26.3 Å². The van der Waals surface area contributed by atoms with Crippen molar-refractivity contribution < 1.29 is 13.2 Å². The van der Waals surface area contributed by atoms with Crippen LogP contribution < -0.4 is 4.90 Å². The number of pyridine rings is 1. The Bertz CT molecular complexity index is 1310. The number of ether oxygens (including phenoxy) is 1. The number of hydrogen-bond donors (Lipinski definition) is 1. The van der Waals surface area contributed by atoms with Crippen molar-refractivity contribution in [3.8, 4) is 11.4 Å². The summed E-state index contributed by atoms with van der Waals surface area (Å²) in [6.07, 6.45) is 1.17. The Morgan fingerprint density at radius 1 is 1.25 bits per heavy atom.